The number of rotatable bonds is 10. The number of halogens is 3. The number of hydrogen-bond donors (Lipinski definition) is 4. The number of nitrogens with zero attached hydrogens (tertiary/aromatic N) is 3. The van der Waals surface area contributed by atoms with Gasteiger partial charge in [0.2, 0.25) is 0 Å². The molecule has 0 bridgehead atoms. The average molecular weight is 704 g/mol. The minimum atomic E-state index is -0.796. The summed E-state index contributed by atoms with van der Waals surface area (Å²) in [6.07, 6.45) is 2.01. The number of phenols is 2. The lowest BCUT2D eigenvalue weighted by molar-refractivity contribution is 0.101. The smallest absolute Gasteiger partial charge is 0.277 e. The quantitative estimate of drug-likeness (QED) is 0.112. The first-order valence-corrected chi connectivity index (χ1v) is 15.2. The van der Waals surface area contributed by atoms with Crippen LogP contribution in [0, 0.1) is 5.82 Å². The number of methoxy groups -OCH3 is 1. The van der Waals surface area contributed by atoms with Crippen molar-refractivity contribution in [3.05, 3.63) is 118 Å². The highest BCUT2D eigenvalue weighted by Gasteiger charge is 2.20. The zero-order chi connectivity index (χ0) is 34.7. The number of nitrogens with one attached hydrogen (secondary N) is 2. The van der Waals surface area contributed by atoms with Crippen LogP contribution in [0.15, 0.2) is 88.0 Å². The molecule has 3 heterocycles. The molecule has 248 valence electrons. The second kappa shape index (κ2) is 14.1. The maximum Gasteiger partial charge on any atom is 0.277 e. The Balaban J connectivity index is 1.16. The van der Waals surface area contributed by atoms with E-state index in [-0.39, 0.29) is 45.9 Å². The molecule has 49 heavy (non-hydrogen) atoms. The number of aryl methyl sites for hydroxylation is 1. The number of carbonyl (C=O) groups excluding carboxylic acids is 2. The lowest BCUT2D eigenvalue weighted by Gasteiger charge is -2.14. The molecule has 3 aromatic carbocycles. The van der Waals surface area contributed by atoms with Crippen LogP contribution >= 0.6 is 23.2 Å². The molecule has 0 aliphatic rings. The van der Waals surface area contributed by atoms with E-state index in [1.165, 1.54) is 37.6 Å². The van der Waals surface area contributed by atoms with Gasteiger partial charge >= 0.3 is 0 Å². The van der Waals surface area contributed by atoms with E-state index in [1.807, 2.05) is 0 Å². The molecule has 0 atom stereocenters. The van der Waals surface area contributed by atoms with Crippen molar-refractivity contribution in [1.29, 1.82) is 0 Å². The zero-order valence-corrected chi connectivity index (χ0v) is 26.8. The van der Waals surface area contributed by atoms with E-state index in [0.29, 0.717) is 45.2 Å². The standard InChI is InChI=1S/C34H24Cl2FN5O7/c1-47-30-10-6-18(12-29(30)44)32-15-27(42-49-32)34(46)40-25-13-19(35)16-38-24(25)9-7-20-21(36)3-2-4-23(20)39-33(45)26-14-31(48-41-26)17-5-8-22(37)28(43)11-17/h2-6,8,10-16,43-44H,7,9H2,1H3,(H,39,45)(H,40,46). The summed E-state index contributed by atoms with van der Waals surface area (Å²) in [7, 11) is 1.43. The molecule has 2 amide bonds. The van der Waals surface area contributed by atoms with Crippen molar-refractivity contribution in [2.45, 2.75) is 12.8 Å². The molecule has 6 rings (SSSR count). The molecule has 0 spiro atoms. The summed E-state index contributed by atoms with van der Waals surface area (Å²) in [6, 6.07) is 17.6. The fourth-order valence-corrected chi connectivity index (χ4v) is 5.29. The summed E-state index contributed by atoms with van der Waals surface area (Å²) < 4.78 is 29.1. The number of amides is 2. The summed E-state index contributed by atoms with van der Waals surface area (Å²) in [4.78, 5) is 30.7. The molecule has 0 radical (unpaired) electrons. The van der Waals surface area contributed by atoms with Crippen LogP contribution in [0.1, 0.15) is 32.2 Å². The van der Waals surface area contributed by atoms with Gasteiger partial charge < -0.3 is 34.6 Å². The van der Waals surface area contributed by atoms with Gasteiger partial charge in [0.15, 0.2) is 46.0 Å². The van der Waals surface area contributed by atoms with Crippen molar-refractivity contribution >= 4 is 46.4 Å². The van der Waals surface area contributed by atoms with Crippen molar-refractivity contribution in [1.82, 2.24) is 15.3 Å². The number of aromatic nitrogens is 3. The molecular formula is C34H24Cl2FN5O7. The van der Waals surface area contributed by atoms with E-state index in [4.69, 9.17) is 37.0 Å². The third-order valence-electron chi connectivity index (χ3n) is 7.34. The van der Waals surface area contributed by atoms with Crippen LogP contribution < -0.4 is 15.4 Å². The Labute approximate surface area is 287 Å². The Kier molecular flexibility index (Phi) is 9.47. The van der Waals surface area contributed by atoms with Crippen LogP contribution in [-0.4, -0.2) is 44.4 Å². The van der Waals surface area contributed by atoms with E-state index in [2.05, 4.69) is 25.9 Å². The van der Waals surface area contributed by atoms with E-state index in [1.54, 1.807) is 36.4 Å². The minimum Gasteiger partial charge on any atom is -0.505 e. The second-order valence-electron chi connectivity index (χ2n) is 10.5. The predicted molar refractivity (Wildman–Crippen MR) is 178 cm³/mol. The predicted octanol–water partition coefficient (Wildman–Crippen LogP) is 7.55. The van der Waals surface area contributed by atoms with Gasteiger partial charge in [-0.05, 0) is 73.0 Å². The largest absolute Gasteiger partial charge is 0.505 e. The number of aromatic hydroxyl groups is 2. The first-order valence-electron chi connectivity index (χ1n) is 14.4. The molecular weight excluding hydrogens is 680 g/mol. The van der Waals surface area contributed by atoms with Gasteiger partial charge in [0.05, 0.1) is 23.5 Å². The Morgan fingerprint density at radius 1 is 0.816 bits per heavy atom. The number of pyridine rings is 1. The molecule has 0 unspecified atom stereocenters. The van der Waals surface area contributed by atoms with Gasteiger partial charge in [-0.2, -0.15) is 0 Å². The van der Waals surface area contributed by atoms with Crippen LogP contribution in [0.25, 0.3) is 22.6 Å². The third kappa shape index (κ3) is 7.32. The minimum absolute atomic E-state index is 0.0282. The Morgan fingerprint density at radius 2 is 1.45 bits per heavy atom. The molecule has 3 aromatic heterocycles. The van der Waals surface area contributed by atoms with Gasteiger partial charge in [0.1, 0.15) is 0 Å². The molecule has 6 aromatic rings. The topological polar surface area (TPSA) is 173 Å². The van der Waals surface area contributed by atoms with Crippen LogP contribution in [0.5, 0.6) is 17.2 Å². The second-order valence-corrected chi connectivity index (χ2v) is 11.4. The molecule has 0 saturated carbocycles. The summed E-state index contributed by atoms with van der Waals surface area (Å²) in [6.45, 7) is 0. The fourth-order valence-electron chi connectivity index (χ4n) is 4.87. The third-order valence-corrected chi connectivity index (χ3v) is 7.90. The molecule has 15 heteroatoms. The first-order chi connectivity index (χ1) is 23.6. The van der Waals surface area contributed by atoms with Crippen molar-refractivity contribution in [3.63, 3.8) is 0 Å². The van der Waals surface area contributed by atoms with Gasteiger partial charge in [0.25, 0.3) is 11.8 Å². The number of ether oxygens (including phenoxy) is 1. The number of benzene rings is 3. The van der Waals surface area contributed by atoms with Crippen molar-refractivity contribution in [3.8, 4) is 39.9 Å². The molecule has 4 N–H and O–H groups in total. The summed E-state index contributed by atoms with van der Waals surface area (Å²) in [5.74, 6) is -1.98. The maximum atomic E-state index is 13.5. The van der Waals surface area contributed by atoms with Gasteiger partial charge in [-0.25, -0.2) is 4.39 Å². The number of anilines is 2. The summed E-state index contributed by atoms with van der Waals surface area (Å²) in [5.41, 5.74) is 2.51. The Bertz CT molecular complexity index is 2200. The molecule has 0 fully saturated rings. The zero-order valence-electron chi connectivity index (χ0n) is 25.3. The van der Waals surface area contributed by atoms with Crippen molar-refractivity contribution in [2.75, 3.05) is 17.7 Å². The average Bonchev–Trinajstić information content (AvgIpc) is 3.78. The van der Waals surface area contributed by atoms with Crippen LogP contribution in [0.2, 0.25) is 10.0 Å². The van der Waals surface area contributed by atoms with Crippen molar-refractivity contribution in [2.24, 2.45) is 0 Å². The van der Waals surface area contributed by atoms with Crippen LogP contribution in [-0.2, 0) is 12.8 Å². The van der Waals surface area contributed by atoms with Gasteiger partial charge in [-0.3, -0.25) is 14.6 Å². The van der Waals surface area contributed by atoms with Crippen LogP contribution in [0.4, 0.5) is 15.8 Å². The highest BCUT2D eigenvalue weighted by Crippen LogP contribution is 2.33. The Morgan fingerprint density at radius 3 is 2.08 bits per heavy atom. The normalized spacial score (nSPS) is 10.9. The van der Waals surface area contributed by atoms with Gasteiger partial charge in [0, 0.05) is 40.2 Å². The first kappa shape index (κ1) is 33.0. The maximum absolute atomic E-state index is 13.5. The number of phenolic OH excluding ortho intramolecular Hbond substituents is 2. The highest BCUT2D eigenvalue weighted by atomic mass is 35.5. The van der Waals surface area contributed by atoms with E-state index >= 15 is 0 Å². The monoisotopic (exact) mass is 703 g/mol. The Hall–Kier alpha value is -5.92. The lowest BCUT2D eigenvalue weighted by atomic mass is 10.0. The lowest BCUT2D eigenvalue weighted by Crippen LogP contribution is -2.15. The fraction of sp³-hybridized carbons (Fsp3) is 0.0882. The summed E-state index contributed by atoms with van der Waals surface area (Å²) >= 11 is 12.8. The molecule has 12 nitrogen and oxygen atoms in total. The van der Waals surface area contributed by atoms with E-state index in [0.717, 1.165) is 12.1 Å². The molecule has 0 aliphatic heterocycles. The van der Waals surface area contributed by atoms with Gasteiger partial charge in [-0.1, -0.05) is 39.6 Å². The molecule has 0 aliphatic carbocycles. The van der Waals surface area contributed by atoms with Crippen LogP contribution in [0.3, 0.4) is 0 Å². The number of carbonyl (C=O) groups is 2. The SMILES string of the molecule is COc1ccc(-c2cc(C(=O)Nc3cc(Cl)cnc3CCc3c(Cl)cccc3NC(=O)c3cc(-c4ccc(F)c(O)c4)on3)no2)cc1O. The van der Waals surface area contributed by atoms with E-state index < -0.39 is 23.4 Å². The molecule has 0 saturated heterocycles. The number of hydrogen-bond acceptors (Lipinski definition) is 10. The highest BCUT2D eigenvalue weighted by molar-refractivity contribution is 6.32. The van der Waals surface area contributed by atoms with Crippen molar-refractivity contribution < 1.29 is 38.0 Å². The van der Waals surface area contributed by atoms with E-state index in [9.17, 15) is 24.2 Å². The summed E-state index contributed by atoms with van der Waals surface area (Å²) in [5, 5.41) is 33.6. The van der Waals surface area contributed by atoms with Gasteiger partial charge in [-0.15, -0.1) is 0 Å².